The van der Waals surface area contributed by atoms with Crippen molar-refractivity contribution in [3.8, 4) is 11.1 Å². The molecule has 0 radical (unpaired) electrons. The van der Waals surface area contributed by atoms with Crippen LogP contribution in [0.25, 0.3) is 26.7 Å². The van der Waals surface area contributed by atoms with E-state index < -0.39 is 5.82 Å². The fourth-order valence-corrected chi connectivity index (χ4v) is 3.12. The van der Waals surface area contributed by atoms with Crippen molar-refractivity contribution in [3.05, 3.63) is 72.0 Å². The maximum Gasteiger partial charge on any atom is 0.313 e. The molecule has 0 fully saturated rings. The van der Waals surface area contributed by atoms with Gasteiger partial charge in [0, 0.05) is 42.0 Å². The number of pyridine rings is 2. The third kappa shape index (κ3) is 3.34. The lowest BCUT2D eigenvalue weighted by molar-refractivity contribution is 0.577. The van der Waals surface area contributed by atoms with E-state index in [1.165, 1.54) is 0 Å². The lowest BCUT2D eigenvalue weighted by Gasteiger charge is -2.12. The summed E-state index contributed by atoms with van der Waals surface area (Å²) in [5.74, 6) is 0.0814. The molecule has 0 aliphatic heterocycles. The maximum atomic E-state index is 14.9. The summed E-state index contributed by atoms with van der Waals surface area (Å²) in [6.07, 6.45) is 7.81. The Morgan fingerprint density at radius 1 is 1.24 bits per heavy atom. The van der Waals surface area contributed by atoms with Gasteiger partial charge in [0.1, 0.15) is 5.82 Å². The van der Waals surface area contributed by atoms with Gasteiger partial charge < -0.3 is 11.1 Å². The number of halogens is 1. The Hall–Kier alpha value is -3.99. The van der Waals surface area contributed by atoms with Crippen LogP contribution in [0.15, 0.2) is 49.2 Å². The average Bonchev–Trinajstić information content (AvgIpc) is 3.19. The average molecular weight is 387 g/mol. The van der Waals surface area contributed by atoms with Crippen LogP contribution in [0.4, 0.5) is 21.6 Å². The van der Waals surface area contributed by atoms with E-state index in [-0.39, 0.29) is 11.9 Å². The lowest BCUT2D eigenvalue weighted by Crippen LogP contribution is -2.00. The summed E-state index contributed by atoms with van der Waals surface area (Å²) in [6, 6.07) is 5.38. The molecule has 0 spiro atoms. The minimum Gasteiger partial charge on any atom is -0.396 e. The van der Waals surface area contributed by atoms with Crippen LogP contribution in [0.1, 0.15) is 18.7 Å². The van der Waals surface area contributed by atoms with Gasteiger partial charge >= 0.3 is 6.17 Å². The molecule has 4 rings (SSSR count). The molecule has 144 valence electrons. The molecule has 0 aliphatic carbocycles. The Balaban J connectivity index is 1.75. The topological polar surface area (TPSA) is 86.0 Å². The zero-order chi connectivity index (χ0) is 20.5. The van der Waals surface area contributed by atoms with E-state index in [2.05, 4.69) is 25.2 Å². The van der Waals surface area contributed by atoms with Crippen molar-refractivity contribution in [2.75, 3.05) is 11.1 Å². The number of anilines is 3. The SMILES string of the molecule is [C-]#[N+][C@H](C)n1cc(Nc2cc3cc(-c4cnccc4C)c(F)c(N)c3cn2)cn1. The number of fused-ring (bicyclic) bond motifs is 1. The maximum absolute atomic E-state index is 14.9. The van der Waals surface area contributed by atoms with Crippen LogP contribution in [0.5, 0.6) is 0 Å². The fraction of sp³-hybridized carbons (Fsp3) is 0.143. The number of nitrogens with zero attached hydrogens (tertiary/aromatic N) is 5. The van der Waals surface area contributed by atoms with E-state index in [1.807, 2.05) is 13.0 Å². The Kier molecular flexibility index (Phi) is 4.56. The number of nitrogen functional groups attached to an aromatic ring is 1. The monoisotopic (exact) mass is 387 g/mol. The lowest BCUT2D eigenvalue weighted by atomic mass is 9.98. The first kappa shape index (κ1) is 18.4. The summed E-state index contributed by atoms with van der Waals surface area (Å²) in [4.78, 5) is 11.9. The van der Waals surface area contributed by atoms with Gasteiger partial charge in [-0.2, -0.15) is 9.78 Å². The van der Waals surface area contributed by atoms with Crippen molar-refractivity contribution in [1.29, 1.82) is 0 Å². The van der Waals surface area contributed by atoms with E-state index in [9.17, 15) is 4.39 Å². The molecular formula is C21H18FN7. The Bertz CT molecular complexity index is 1260. The smallest absolute Gasteiger partial charge is 0.313 e. The summed E-state index contributed by atoms with van der Waals surface area (Å²) >= 11 is 0. The summed E-state index contributed by atoms with van der Waals surface area (Å²) < 4.78 is 16.5. The van der Waals surface area contributed by atoms with Gasteiger partial charge in [0.05, 0.1) is 23.8 Å². The van der Waals surface area contributed by atoms with Crippen molar-refractivity contribution in [2.45, 2.75) is 20.0 Å². The van der Waals surface area contributed by atoms with E-state index >= 15 is 0 Å². The number of rotatable bonds is 4. The van der Waals surface area contributed by atoms with Gasteiger partial charge in [0.25, 0.3) is 0 Å². The highest BCUT2D eigenvalue weighted by Gasteiger charge is 2.16. The van der Waals surface area contributed by atoms with Crippen LogP contribution in [0.2, 0.25) is 0 Å². The molecule has 1 atom stereocenters. The van der Waals surface area contributed by atoms with Gasteiger partial charge in [-0.3, -0.25) is 9.83 Å². The predicted molar refractivity (Wildman–Crippen MR) is 111 cm³/mol. The first-order valence-electron chi connectivity index (χ1n) is 8.94. The van der Waals surface area contributed by atoms with Crippen molar-refractivity contribution < 1.29 is 4.39 Å². The van der Waals surface area contributed by atoms with Crippen molar-refractivity contribution >= 4 is 28.0 Å². The van der Waals surface area contributed by atoms with E-state index in [4.69, 9.17) is 12.3 Å². The second-order valence-electron chi connectivity index (χ2n) is 6.73. The highest BCUT2D eigenvalue weighted by molar-refractivity contribution is 5.98. The quantitative estimate of drug-likeness (QED) is 0.391. The molecule has 0 aliphatic rings. The van der Waals surface area contributed by atoms with Gasteiger partial charge in [-0.25, -0.2) is 15.9 Å². The van der Waals surface area contributed by atoms with Crippen LogP contribution in [-0.4, -0.2) is 19.7 Å². The van der Waals surface area contributed by atoms with Gasteiger partial charge in [0.15, 0.2) is 5.82 Å². The zero-order valence-corrected chi connectivity index (χ0v) is 15.9. The number of hydrogen-bond acceptors (Lipinski definition) is 5. The normalized spacial score (nSPS) is 11.9. The van der Waals surface area contributed by atoms with Crippen molar-refractivity contribution in [1.82, 2.24) is 19.7 Å². The second-order valence-corrected chi connectivity index (χ2v) is 6.73. The van der Waals surface area contributed by atoms with Crippen LogP contribution in [-0.2, 0) is 0 Å². The molecule has 0 bridgehead atoms. The first-order valence-corrected chi connectivity index (χ1v) is 8.94. The summed E-state index contributed by atoms with van der Waals surface area (Å²) in [6.45, 7) is 10.8. The van der Waals surface area contributed by atoms with Gasteiger partial charge in [-0.1, -0.05) is 0 Å². The van der Waals surface area contributed by atoms with Crippen molar-refractivity contribution in [2.24, 2.45) is 0 Å². The number of nitrogens with two attached hydrogens (primary N) is 1. The number of nitrogens with one attached hydrogen (secondary N) is 1. The summed E-state index contributed by atoms with van der Waals surface area (Å²) in [5.41, 5.74) is 8.82. The Morgan fingerprint density at radius 2 is 2.07 bits per heavy atom. The molecule has 0 unspecified atom stereocenters. The fourth-order valence-electron chi connectivity index (χ4n) is 3.12. The van der Waals surface area contributed by atoms with Crippen LogP contribution in [0, 0.1) is 19.3 Å². The standard InChI is InChI=1S/C21H18FN7/c1-12-4-5-25-9-17(12)16-6-14-7-19(26-10-18(14)21(23)20(16)22)28-15-8-27-29(11-15)13(2)24-3/h4-11,13H,23H2,1-2H3,(H,26,28)/t13-/m0/s1. The molecular weight excluding hydrogens is 369 g/mol. The number of aryl methyl sites for hydroxylation is 1. The van der Waals surface area contributed by atoms with Gasteiger partial charge in [0.2, 0.25) is 0 Å². The number of aromatic nitrogens is 4. The molecule has 1 aromatic carbocycles. The molecule has 3 heterocycles. The van der Waals surface area contributed by atoms with E-state index in [1.54, 1.807) is 54.7 Å². The van der Waals surface area contributed by atoms with Crippen LogP contribution >= 0.6 is 0 Å². The molecule has 0 amide bonds. The molecule has 0 saturated heterocycles. The molecule has 0 saturated carbocycles. The predicted octanol–water partition coefficient (Wildman–Crippen LogP) is 4.70. The minimum absolute atomic E-state index is 0.0542. The van der Waals surface area contributed by atoms with Gasteiger partial charge in [-0.05, 0) is 36.1 Å². The highest BCUT2D eigenvalue weighted by Crippen LogP contribution is 2.35. The van der Waals surface area contributed by atoms with Crippen LogP contribution in [0.3, 0.4) is 0 Å². The van der Waals surface area contributed by atoms with E-state index in [0.29, 0.717) is 28.0 Å². The highest BCUT2D eigenvalue weighted by atomic mass is 19.1. The third-order valence-electron chi connectivity index (χ3n) is 4.77. The molecule has 8 heteroatoms. The molecule has 29 heavy (non-hydrogen) atoms. The Labute approximate surface area is 166 Å². The van der Waals surface area contributed by atoms with Gasteiger partial charge in [-0.15, -0.1) is 0 Å². The number of hydrogen-bond donors (Lipinski definition) is 2. The zero-order valence-electron chi connectivity index (χ0n) is 15.9. The second kappa shape index (κ2) is 7.20. The molecule has 3 aromatic heterocycles. The van der Waals surface area contributed by atoms with E-state index in [0.717, 1.165) is 10.9 Å². The molecule has 4 aromatic rings. The van der Waals surface area contributed by atoms with Crippen molar-refractivity contribution in [3.63, 3.8) is 0 Å². The molecule has 7 nitrogen and oxygen atoms in total. The Morgan fingerprint density at radius 3 is 2.83 bits per heavy atom. The summed E-state index contributed by atoms with van der Waals surface area (Å²) in [7, 11) is 0. The summed E-state index contributed by atoms with van der Waals surface area (Å²) in [5, 5.41) is 8.62. The minimum atomic E-state index is -0.481. The first-order chi connectivity index (χ1) is 14.0. The molecule has 3 N–H and O–H groups in total. The largest absolute Gasteiger partial charge is 0.396 e. The third-order valence-corrected chi connectivity index (χ3v) is 4.77. The van der Waals surface area contributed by atoms with Crippen LogP contribution < -0.4 is 11.1 Å². The number of benzene rings is 1.